The van der Waals surface area contributed by atoms with Crippen LogP contribution in [-0.4, -0.2) is 14.0 Å². The van der Waals surface area contributed by atoms with Crippen LogP contribution in [0.2, 0.25) is 0 Å². The van der Waals surface area contributed by atoms with Gasteiger partial charge in [-0.1, -0.05) is 20.8 Å². The molecule has 0 heterocycles. The lowest BCUT2D eigenvalue weighted by Gasteiger charge is -2.45. The van der Waals surface area contributed by atoms with E-state index in [0.717, 1.165) is 24.2 Å². The quantitative estimate of drug-likeness (QED) is 0.605. The molecule has 1 rings (SSSR count). The normalized spacial score (nSPS) is 39.7. The molecule has 1 saturated carbocycles. The fourth-order valence-corrected chi connectivity index (χ4v) is 2.16. The van der Waals surface area contributed by atoms with Gasteiger partial charge in [0.15, 0.2) is 7.98 Å². The van der Waals surface area contributed by atoms with Crippen LogP contribution in [0.5, 0.6) is 0 Å². The Labute approximate surface area is 71.4 Å². The van der Waals surface area contributed by atoms with Crippen LogP contribution in [0.15, 0.2) is 0 Å². The lowest BCUT2D eigenvalue weighted by Crippen LogP contribution is -2.46. The van der Waals surface area contributed by atoms with E-state index in [1.165, 1.54) is 6.42 Å². The number of rotatable bonds is 3. The molecule has 1 fully saturated rings. The van der Waals surface area contributed by atoms with Crippen molar-refractivity contribution in [3.63, 3.8) is 0 Å². The standard InChI is InChI=1S/C9H18BN/c1-4-9(11-10)8-5-6(2)7(8)3/h6-9,11H,4-5H2,1-3H3/t6?,7?,8-,9?/m1/s1. The van der Waals surface area contributed by atoms with E-state index in [4.69, 9.17) is 7.98 Å². The molecule has 2 heteroatoms. The zero-order valence-electron chi connectivity index (χ0n) is 7.80. The van der Waals surface area contributed by atoms with Crippen molar-refractivity contribution >= 4 is 7.98 Å². The topological polar surface area (TPSA) is 12.0 Å². The van der Waals surface area contributed by atoms with Crippen LogP contribution in [0.1, 0.15) is 33.6 Å². The molecule has 1 aliphatic carbocycles. The first-order valence-electron chi connectivity index (χ1n) is 4.66. The molecule has 3 unspecified atom stereocenters. The van der Waals surface area contributed by atoms with E-state index in [1.807, 2.05) is 0 Å². The van der Waals surface area contributed by atoms with Crippen molar-refractivity contribution in [2.45, 2.75) is 39.7 Å². The zero-order valence-corrected chi connectivity index (χ0v) is 7.80. The van der Waals surface area contributed by atoms with Gasteiger partial charge in [0.05, 0.1) is 0 Å². The maximum Gasteiger partial charge on any atom is 0.178 e. The molecule has 0 amide bonds. The monoisotopic (exact) mass is 151 g/mol. The molecule has 0 aromatic carbocycles. The van der Waals surface area contributed by atoms with E-state index < -0.39 is 0 Å². The maximum absolute atomic E-state index is 5.45. The van der Waals surface area contributed by atoms with Gasteiger partial charge in [-0.2, -0.15) is 0 Å². The fourth-order valence-electron chi connectivity index (χ4n) is 2.16. The van der Waals surface area contributed by atoms with Crippen molar-refractivity contribution in [3.8, 4) is 0 Å². The van der Waals surface area contributed by atoms with Gasteiger partial charge in [-0.05, 0) is 36.6 Å². The fraction of sp³-hybridized carbons (Fsp3) is 1.00. The largest absolute Gasteiger partial charge is 0.363 e. The molecule has 1 aliphatic rings. The molecule has 62 valence electrons. The van der Waals surface area contributed by atoms with E-state index in [1.54, 1.807) is 0 Å². The average molecular weight is 151 g/mol. The Morgan fingerprint density at radius 2 is 2.18 bits per heavy atom. The minimum absolute atomic E-state index is 0.543. The number of nitrogens with one attached hydrogen (secondary N) is 1. The highest BCUT2D eigenvalue weighted by molar-refractivity contribution is 6.04. The predicted octanol–water partition coefficient (Wildman–Crippen LogP) is 1.73. The van der Waals surface area contributed by atoms with Crippen LogP contribution >= 0.6 is 0 Å². The third kappa shape index (κ3) is 1.61. The number of hydrogen-bond donors (Lipinski definition) is 1. The van der Waals surface area contributed by atoms with E-state index in [9.17, 15) is 0 Å². The van der Waals surface area contributed by atoms with Crippen LogP contribution in [0, 0.1) is 17.8 Å². The SMILES string of the molecule is [B]NC(CC)[C@@H]1CC(C)C1C. The molecule has 0 aromatic heterocycles. The maximum atomic E-state index is 5.45. The van der Waals surface area contributed by atoms with Gasteiger partial charge >= 0.3 is 0 Å². The lowest BCUT2D eigenvalue weighted by molar-refractivity contribution is 0.0723. The minimum atomic E-state index is 0.543. The van der Waals surface area contributed by atoms with Crippen molar-refractivity contribution in [2.75, 3.05) is 0 Å². The molecular formula is C9H18BN. The summed E-state index contributed by atoms with van der Waals surface area (Å²) < 4.78 is 0. The summed E-state index contributed by atoms with van der Waals surface area (Å²) in [6.07, 6.45) is 2.50. The van der Waals surface area contributed by atoms with Crippen molar-refractivity contribution in [2.24, 2.45) is 17.8 Å². The molecule has 4 atom stereocenters. The molecule has 0 spiro atoms. The molecule has 0 saturated heterocycles. The molecule has 11 heavy (non-hydrogen) atoms. The van der Waals surface area contributed by atoms with Gasteiger partial charge in [-0.15, -0.1) is 0 Å². The van der Waals surface area contributed by atoms with Crippen LogP contribution in [0.4, 0.5) is 0 Å². The summed E-state index contributed by atoms with van der Waals surface area (Å²) in [4.78, 5) is 0. The second-order valence-electron chi connectivity index (χ2n) is 3.92. The van der Waals surface area contributed by atoms with Gasteiger partial charge < -0.3 is 5.23 Å². The Bertz CT molecular complexity index is 123. The summed E-state index contributed by atoms with van der Waals surface area (Å²) >= 11 is 0. The summed E-state index contributed by atoms with van der Waals surface area (Å²) in [5.74, 6) is 2.58. The first kappa shape index (κ1) is 9.12. The molecule has 0 aliphatic heterocycles. The van der Waals surface area contributed by atoms with Gasteiger partial charge in [-0.25, -0.2) is 0 Å². The van der Waals surface area contributed by atoms with E-state index >= 15 is 0 Å². The summed E-state index contributed by atoms with van der Waals surface area (Å²) in [5.41, 5.74) is 0. The van der Waals surface area contributed by atoms with Gasteiger partial charge in [0.2, 0.25) is 0 Å². The highest BCUT2D eigenvalue weighted by Crippen LogP contribution is 2.42. The molecular weight excluding hydrogens is 133 g/mol. The van der Waals surface area contributed by atoms with Gasteiger partial charge in [0.25, 0.3) is 0 Å². The Morgan fingerprint density at radius 1 is 1.55 bits per heavy atom. The lowest BCUT2D eigenvalue weighted by atomic mass is 9.63. The van der Waals surface area contributed by atoms with E-state index in [0.29, 0.717) is 6.04 Å². The molecule has 2 radical (unpaired) electrons. The molecule has 1 nitrogen and oxygen atoms in total. The Balaban J connectivity index is 2.36. The smallest absolute Gasteiger partial charge is 0.178 e. The predicted molar refractivity (Wildman–Crippen MR) is 49.4 cm³/mol. The van der Waals surface area contributed by atoms with Crippen LogP contribution < -0.4 is 5.23 Å². The highest BCUT2D eigenvalue weighted by Gasteiger charge is 2.37. The summed E-state index contributed by atoms with van der Waals surface area (Å²) in [6.45, 7) is 6.85. The molecule has 0 aromatic rings. The Hall–Kier alpha value is 0.0249. The third-order valence-electron chi connectivity index (χ3n) is 3.39. The van der Waals surface area contributed by atoms with Crippen molar-refractivity contribution < 1.29 is 0 Å². The second kappa shape index (κ2) is 3.62. The first-order chi connectivity index (χ1) is 5.20. The highest BCUT2D eigenvalue weighted by atomic mass is 14.8. The Kier molecular flexibility index (Phi) is 3.00. The summed E-state index contributed by atoms with van der Waals surface area (Å²) in [6, 6.07) is 0.543. The minimum Gasteiger partial charge on any atom is -0.363 e. The van der Waals surface area contributed by atoms with Gasteiger partial charge in [-0.3, -0.25) is 0 Å². The van der Waals surface area contributed by atoms with E-state index in [-0.39, 0.29) is 0 Å². The Morgan fingerprint density at radius 3 is 2.45 bits per heavy atom. The van der Waals surface area contributed by atoms with E-state index in [2.05, 4.69) is 26.0 Å². The van der Waals surface area contributed by atoms with Crippen molar-refractivity contribution in [3.05, 3.63) is 0 Å². The summed E-state index contributed by atoms with van der Waals surface area (Å²) in [7, 11) is 5.45. The average Bonchev–Trinajstić information content (AvgIpc) is 2.05. The third-order valence-corrected chi connectivity index (χ3v) is 3.39. The molecule has 1 N–H and O–H groups in total. The van der Waals surface area contributed by atoms with Crippen LogP contribution in [0.3, 0.4) is 0 Å². The van der Waals surface area contributed by atoms with Gasteiger partial charge in [0, 0.05) is 0 Å². The van der Waals surface area contributed by atoms with Crippen molar-refractivity contribution in [1.82, 2.24) is 5.23 Å². The number of hydrogen-bond acceptors (Lipinski definition) is 1. The van der Waals surface area contributed by atoms with Crippen LogP contribution in [0.25, 0.3) is 0 Å². The second-order valence-corrected chi connectivity index (χ2v) is 3.92. The van der Waals surface area contributed by atoms with Crippen LogP contribution in [-0.2, 0) is 0 Å². The molecule has 0 bridgehead atoms. The van der Waals surface area contributed by atoms with Crippen molar-refractivity contribution in [1.29, 1.82) is 0 Å². The van der Waals surface area contributed by atoms with Gasteiger partial charge in [0.1, 0.15) is 0 Å². The summed E-state index contributed by atoms with van der Waals surface area (Å²) in [5, 5.41) is 2.90. The zero-order chi connectivity index (χ0) is 8.43. The first-order valence-corrected chi connectivity index (χ1v) is 4.66.